The molecule has 6 atom stereocenters. The van der Waals surface area contributed by atoms with Crippen molar-refractivity contribution in [3.05, 3.63) is 41.5 Å². The first-order valence-electron chi connectivity index (χ1n) is 9.36. The summed E-state index contributed by atoms with van der Waals surface area (Å²) in [4.78, 5) is 39.4. The number of amides is 3. The summed E-state index contributed by atoms with van der Waals surface area (Å²) in [7, 11) is 0. The monoisotopic (exact) mass is 350 g/mol. The lowest BCUT2D eigenvalue weighted by atomic mass is 9.63. The van der Waals surface area contributed by atoms with Gasteiger partial charge < -0.3 is 5.32 Å². The first-order valence-corrected chi connectivity index (χ1v) is 9.36. The van der Waals surface area contributed by atoms with Gasteiger partial charge in [-0.25, -0.2) is 0 Å². The molecule has 5 aliphatic rings. The summed E-state index contributed by atoms with van der Waals surface area (Å²) in [5.41, 5.74) is 2.81. The van der Waals surface area contributed by atoms with Gasteiger partial charge in [-0.2, -0.15) is 0 Å². The van der Waals surface area contributed by atoms with Crippen LogP contribution in [0.2, 0.25) is 0 Å². The number of hydrogen-bond donors (Lipinski definition) is 1. The van der Waals surface area contributed by atoms with Crippen molar-refractivity contribution in [2.75, 3.05) is 11.9 Å². The smallest absolute Gasteiger partial charge is 0.244 e. The van der Waals surface area contributed by atoms with Gasteiger partial charge in [0.05, 0.1) is 11.8 Å². The number of aryl methyl sites for hydroxylation is 2. The topological polar surface area (TPSA) is 66.5 Å². The van der Waals surface area contributed by atoms with E-state index in [1.54, 1.807) is 0 Å². The molecule has 134 valence electrons. The summed E-state index contributed by atoms with van der Waals surface area (Å²) >= 11 is 0. The lowest BCUT2D eigenvalue weighted by molar-refractivity contribution is -0.142. The highest BCUT2D eigenvalue weighted by Crippen LogP contribution is 2.65. The normalized spacial score (nSPS) is 36.2. The number of nitrogens with one attached hydrogen (secondary N) is 1. The lowest BCUT2D eigenvalue weighted by Crippen LogP contribution is -2.40. The van der Waals surface area contributed by atoms with Gasteiger partial charge in [0.15, 0.2) is 0 Å². The van der Waals surface area contributed by atoms with E-state index in [2.05, 4.69) is 17.5 Å². The average molecular weight is 350 g/mol. The Balaban J connectivity index is 1.33. The number of benzene rings is 1. The molecule has 1 saturated heterocycles. The molecule has 1 N–H and O–H groups in total. The number of hydrogen-bond acceptors (Lipinski definition) is 3. The second-order valence-electron chi connectivity index (χ2n) is 8.34. The zero-order valence-electron chi connectivity index (χ0n) is 14.9. The van der Waals surface area contributed by atoms with Gasteiger partial charge in [-0.05, 0) is 67.2 Å². The minimum absolute atomic E-state index is 0.153. The van der Waals surface area contributed by atoms with Gasteiger partial charge in [0.1, 0.15) is 6.54 Å². The molecule has 5 nitrogen and oxygen atoms in total. The number of nitrogens with zero attached hydrogens (tertiary/aromatic N) is 1. The Kier molecular flexibility index (Phi) is 3.21. The minimum atomic E-state index is -0.319. The lowest BCUT2D eigenvalue weighted by Gasteiger charge is -2.37. The third-order valence-corrected chi connectivity index (χ3v) is 6.56. The van der Waals surface area contributed by atoms with Crippen molar-refractivity contribution in [3.8, 4) is 0 Å². The Hall–Kier alpha value is -2.43. The maximum absolute atomic E-state index is 12.9. The predicted octanol–water partition coefficient (Wildman–Crippen LogP) is 2.30. The van der Waals surface area contributed by atoms with Crippen LogP contribution in [0, 0.1) is 49.4 Å². The second kappa shape index (κ2) is 5.29. The van der Waals surface area contributed by atoms with E-state index in [1.807, 2.05) is 32.0 Å². The number of carbonyl (C=O) groups excluding carboxylic acids is 3. The second-order valence-corrected chi connectivity index (χ2v) is 8.34. The van der Waals surface area contributed by atoms with Gasteiger partial charge >= 0.3 is 0 Å². The van der Waals surface area contributed by atoms with Crippen LogP contribution in [0.4, 0.5) is 5.69 Å². The molecule has 2 saturated carbocycles. The molecule has 2 bridgehead atoms. The van der Waals surface area contributed by atoms with E-state index in [9.17, 15) is 14.4 Å². The third-order valence-electron chi connectivity index (χ3n) is 6.56. The zero-order chi connectivity index (χ0) is 18.2. The number of anilines is 1. The van der Waals surface area contributed by atoms with E-state index in [-0.39, 0.29) is 47.9 Å². The predicted molar refractivity (Wildman–Crippen MR) is 96.0 cm³/mol. The molecule has 0 radical (unpaired) electrons. The Morgan fingerprint density at radius 1 is 1.00 bits per heavy atom. The van der Waals surface area contributed by atoms with E-state index >= 15 is 0 Å². The number of allylic oxidation sites excluding steroid dienone is 2. The summed E-state index contributed by atoms with van der Waals surface area (Å²) in [6, 6.07) is 5.80. The number of likely N-dealkylation sites (tertiary alicyclic amines) is 1. The first kappa shape index (κ1) is 15.8. The SMILES string of the molecule is Cc1cc(C)cc(NC(=O)CN2C(=O)[C@@H]3[C@H]4C=C[C@@H]([C@@H]5C[C@@H]45)[C@@H]3C2=O)c1. The molecule has 1 aliphatic heterocycles. The van der Waals surface area contributed by atoms with Crippen LogP contribution >= 0.6 is 0 Å². The van der Waals surface area contributed by atoms with Crippen LogP contribution in [0.5, 0.6) is 0 Å². The van der Waals surface area contributed by atoms with Gasteiger partial charge in [-0.15, -0.1) is 0 Å². The van der Waals surface area contributed by atoms with Crippen LogP contribution in [0.3, 0.4) is 0 Å². The molecule has 0 aromatic heterocycles. The molecule has 0 spiro atoms. The molecule has 4 aliphatic carbocycles. The van der Waals surface area contributed by atoms with Crippen molar-refractivity contribution in [2.45, 2.75) is 20.3 Å². The fraction of sp³-hybridized carbons (Fsp3) is 0.476. The van der Waals surface area contributed by atoms with Crippen LogP contribution in [0.25, 0.3) is 0 Å². The maximum atomic E-state index is 12.9. The van der Waals surface area contributed by atoms with Gasteiger partial charge in [0.25, 0.3) is 0 Å². The van der Waals surface area contributed by atoms with Crippen molar-refractivity contribution < 1.29 is 14.4 Å². The molecule has 3 fully saturated rings. The maximum Gasteiger partial charge on any atom is 0.244 e. The average Bonchev–Trinajstić information content (AvgIpc) is 3.35. The number of imide groups is 1. The molecule has 1 aromatic carbocycles. The van der Waals surface area contributed by atoms with Gasteiger partial charge in [-0.1, -0.05) is 18.2 Å². The fourth-order valence-corrected chi connectivity index (χ4v) is 5.57. The van der Waals surface area contributed by atoms with Crippen molar-refractivity contribution in [1.29, 1.82) is 0 Å². The van der Waals surface area contributed by atoms with E-state index in [4.69, 9.17) is 0 Å². The summed E-state index contributed by atoms with van der Waals surface area (Å²) in [5.74, 6) is 0.434. The molecule has 1 heterocycles. The van der Waals surface area contributed by atoms with Gasteiger partial charge in [0.2, 0.25) is 17.7 Å². The molecule has 3 amide bonds. The third kappa shape index (κ3) is 2.19. The van der Waals surface area contributed by atoms with Crippen molar-refractivity contribution in [1.82, 2.24) is 4.90 Å². The molecule has 1 aromatic rings. The highest BCUT2D eigenvalue weighted by molar-refractivity contribution is 6.09. The Labute approximate surface area is 152 Å². The number of carbonyl (C=O) groups is 3. The standard InChI is InChI=1S/C21H22N2O3/c1-10-5-11(2)7-12(6-10)22-17(24)9-23-20(25)18-13-3-4-14(16-8-15(13)16)19(18)21(23)26/h3-7,13-16,18-19H,8-9H2,1-2H3,(H,22,24)/t13-,14-,15-,16-,18-,19+/m0/s1. The largest absolute Gasteiger partial charge is 0.325 e. The van der Waals surface area contributed by atoms with Crippen LogP contribution < -0.4 is 5.32 Å². The van der Waals surface area contributed by atoms with Crippen molar-refractivity contribution >= 4 is 23.4 Å². The fourth-order valence-electron chi connectivity index (χ4n) is 5.57. The van der Waals surface area contributed by atoms with E-state index < -0.39 is 0 Å². The quantitative estimate of drug-likeness (QED) is 0.672. The Bertz CT molecular complexity index is 818. The molecule has 6 rings (SSSR count). The van der Waals surface area contributed by atoms with Crippen LogP contribution in [0.15, 0.2) is 30.4 Å². The van der Waals surface area contributed by atoms with Crippen molar-refractivity contribution in [2.24, 2.45) is 35.5 Å². The Morgan fingerprint density at radius 2 is 1.54 bits per heavy atom. The number of rotatable bonds is 3. The zero-order valence-corrected chi connectivity index (χ0v) is 14.9. The Morgan fingerprint density at radius 3 is 2.08 bits per heavy atom. The molecule has 0 unspecified atom stereocenters. The van der Waals surface area contributed by atoms with E-state index in [0.717, 1.165) is 17.5 Å². The molecular weight excluding hydrogens is 328 g/mol. The molecular formula is C21H22N2O3. The minimum Gasteiger partial charge on any atom is -0.325 e. The molecule has 5 heteroatoms. The summed E-state index contributed by atoms with van der Waals surface area (Å²) < 4.78 is 0. The van der Waals surface area contributed by atoms with E-state index in [0.29, 0.717) is 17.5 Å². The highest BCUT2D eigenvalue weighted by Gasteiger charge is 2.67. The highest BCUT2D eigenvalue weighted by atomic mass is 16.2. The summed E-state index contributed by atoms with van der Waals surface area (Å²) in [5, 5.41) is 2.83. The van der Waals surface area contributed by atoms with Crippen LogP contribution in [0.1, 0.15) is 17.5 Å². The van der Waals surface area contributed by atoms with Crippen molar-refractivity contribution in [3.63, 3.8) is 0 Å². The first-order chi connectivity index (χ1) is 12.4. The van der Waals surface area contributed by atoms with Gasteiger partial charge in [-0.3, -0.25) is 19.3 Å². The van der Waals surface area contributed by atoms with Crippen LogP contribution in [-0.4, -0.2) is 29.2 Å². The van der Waals surface area contributed by atoms with Gasteiger partial charge in [0, 0.05) is 5.69 Å². The van der Waals surface area contributed by atoms with E-state index in [1.165, 1.54) is 4.90 Å². The van der Waals surface area contributed by atoms with Crippen LogP contribution in [-0.2, 0) is 14.4 Å². The molecule has 26 heavy (non-hydrogen) atoms. The summed E-state index contributed by atoms with van der Waals surface area (Å²) in [6.45, 7) is 3.75. The summed E-state index contributed by atoms with van der Waals surface area (Å²) in [6.07, 6.45) is 5.43.